The molecule has 0 saturated heterocycles. The van der Waals surface area contributed by atoms with Crippen molar-refractivity contribution >= 4 is 11.6 Å². The Morgan fingerprint density at radius 3 is 2.55 bits per heavy atom. The molecule has 20 heavy (non-hydrogen) atoms. The van der Waals surface area contributed by atoms with Crippen LogP contribution in [0, 0.1) is 21.7 Å². The summed E-state index contributed by atoms with van der Waals surface area (Å²) in [6, 6.07) is 0.532. The summed E-state index contributed by atoms with van der Waals surface area (Å²) in [4.78, 5) is 21.8. The van der Waals surface area contributed by atoms with Gasteiger partial charge >= 0.3 is 0 Å². The lowest BCUT2D eigenvalue weighted by molar-refractivity contribution is -0.385. The minimum Gasteiger partial charge on any atom is -0.383 e. The lowest BCUT2D eigenvalue weighted by atomic mass is 10.1. The largest absolute Gasteiger partial charge is 0.383 e. The highest BCUT2D eigenvalue weighted by Crippen LogP contribution is 2.22. The molecule has 1 aromatic rings. The quantitative estimate of drug-likeness (QED) is 0.641. The zero-order valence-electron chi connectivity index (χ0n) is 11.0. The molecule has 1 rings (SSSR count). The maximum atomic E-state index is 13.1. The van der Waals surface area contributed by atoms with Crippen molar-refractivity contribution in [3.8, 4) is 0 Å². The number of nitrogens with one attached hydrogen (secondary N) is 1. The molecule has 1 aromatic carbocycles. The molecule has 0 aliphatic carbocycles. The van der Waals surface area contributed by atoms with Gasteiger partial charge in [0, 0.05) is 7.11 Å². The molecule has 0 aliphatic heterocycles. The number of ether oxygens (including phenoxy) is 1. The average Bonchev–Trinajstić information content (AvgIpc) is 2.40. The van der Waals surface area contributed by atoms with Gasteiger partial charge in [0.25, 0.3) is 11.6 Å². The second-order valence-electron chi connectivity index (χ2n) is 4.07. The first-order valence-electron chi connectivity index (χ1n) is 5.83. The van der Waals surface area contributed by atoms with Gasteiger partial charge < -0.3 is 10.1 Å². The predicted molar refractivity (Wildman–Crippen MR) is 66.4 cm³/mol. The van der Waals surface area contributed by atoms with Gasteiger partial charge in [-0.2, -0.15) is 0 Å². The van der Waals surface area contributed by atoms with Gasteiger partial charge in [0.05, 0.1) is 23.6 Å². The second kappa shape index (κ2) is 6.90. The van der Waals surface area contributed by atoms with E-state index in [0.717, 1.165) is 0 Å². The standard InChI is InChI=1S/C12H14F2N2O4/c1-3-7(6-20-2)15-12(17)8-4-9(13)10(14)5-11(8)16(18)19/h4-5,7H,3,6H2,1-2H3,(H,15,17). The van der Waals surface area contributed by atoms with Gasteiger partial charge in [-0.1, -0.05) is 6.92 Å². The molecular formula is C12H14F2N2O4. The summed E-state index contributed by atoms with van der Waals surface area (Å²) in [5, 5.41) is 13.3. The van der Waals surface area contributed by atoms with Gasteiger partial charge in [0.2, 0.25) is 0 Å². The Kier molecular flexibility index (Phi) is 5.51. The molecular weight excluding hydrogens is 274 g/mol. The fourth-order valence-electron chi connectivity index (χ4n) is 1.60. The number of halogens is 2. The van der Waals surface area contributed by atoms with Crippen LogP contribution in [0.4, 0.5) is 14.5 Å². The summed E-state index contributed by atoms with van der Waals surface area (Å²) >= 11 is 0. The Balaban J connectivity index is 3.08. The maximum Gasteiger partial charge on any atom is 0.285 e. The van der Waals surface area contributed by atoms with Crippen LogP contribution in [0.5, 0.6) is 0 Å². The fraction of sp³-hybridized carbons (Fsp3) is 0.417. The van der Waals surface area contributed by atoms with Crippen LogP contribution in [0.15, 0.2) is 12.1 Å². The third-order valence-electron chi connectivity index (χ3n) is 2.68. The monoisotopic (exact) mass is 288 g/mol. The lowest BCUT2D eigenvalue weighted by Gasteiger charge is -2.15. The Hall–Kier alpha value is -2.09. The first-order valence-corrected chi connectivity index (χ1v) is 5.83. The Morgan fingerprint density at radius 1 is 1.45 bits per heavy atom. The average molecular weight is 288 g/mol. The molecule has 0 heterocycles. The van der Waals surface area contributed by atoms with Crippen LogP contribution in [0.3, 0.4) is 0 Å². The van der Waals surface area contributed by atoms with Gasteiger partial charge in [-0.25, -0.2) is 8.78 Å². The number of nitro groups is 1. The Bertz CT molecular complexity index is 522. The van der Waals surface area contributed by atoms with Crippen molar-refractivity contribution in [2.24, 2.45) is 0 Å². The SMILES string of the molecule is CCC(COC)NC(=O)c1cc(F)c(F)cc1[N+](=O)[O-]. The van der Waals surface area contributed by atoms with E-state index in [1.54, 1.807) is 6.92 Å². The van der Waals surface area contributed by atoms with Crippen LogP contribution < -0.4 is 5.32 Å². The molecule has 0 aromatic heterocycles. The maximum absolute atomic E-state index is 13.1. The van der Waals surface area contributed by atoms with Gasteiger partial charge in [-0.05, 0) is 12.5 Å². The van der Waals surface area contributed by atoms with E-state index < -0.39 is 33.7 Å². The van der Waals surface area contributed by atoms with E-state index in [4.69, 9.17) is 4.74 Å². The molecule has 0 saturated carbocycles. The third-order valence-corrected chi connectivity index (χ3v) is 2.68. The number of rotatable bonds is 6. The summed E-state index contributed by atoms with van der Waals surface area (Å²) in [6.07, 6.45) is 0.525. The van der Waals surface area contributed by atoms with E-state index in [-0.39, 0.29) is 12.6 Å². The van der Waals surface area contributed by atoms with Crippen molar-refractivity contribution in [2.75, 3.05) is 13.7 Å². The second-order valence-corrected chi connectivity index (χ2v) is 4.07. The number of amides is 1. The Morgan fingerprint density at radius 2 is 2.05 bits per heavy atom. The number of hydrogen-bond acceptors (Lipinski definition) is 4. The van der Waals surface area contributed by atoms with Crippen molar-refractivity contribution in [1.29, 1.82) is 0 Å². The summed E-state index contributed by atoms with van der Waals surface area (Å²) in [7, 11) is 1.44. The van der Waals surface area contributed by atoms with Crippen molar-refractivity contribution in [1.82, 2.24) is 5.32 Å². The molecule has 1 N–H and O–H groups in total. The molecule has 1 amide bonds. The molecule has 0 spiro atoms. The normalized spacial score (nSPS) is 12.0. The number of hydrogen-bond donors (Lipinski definition) is 1. The summed E-state index contributed by atoms with van der Waals surface area (Å²) < 4.78 is 31.0. The molecule has 110 valence electrons. The predicted octanol–water partition coefficient (Wildman–Crippen LogP) is 2.03. The molecule has 8 heteroatoms. The van der Waals surface area contributed by atoms with E-state index in [1.165, 1.54) is 7.11 Å². The van der Waals surface area contributed by atoms with Crippen molar-refractivity contribution < 1.29 is 23.2 Å². The van der Waals surface area contributed by atoms with Crippen LogP contribution in [0.25, 0.3) is 0 Å². The van der Waals surface area contributed by atoms with Crippen LogP contribution in [0.1, 0.15) is 23.7 Å². The fourth-order valence-corrected chi connectivity index (χ4v) is 1.60. The number of nitrogens with zero attached hydrogens (tertiary/aromatic N) is 1. The van der Waals surface area contributed by atoms with Gasteiger partial charge in [0.1, 0.15) is 5.56 Å². The van der Waals surface area contributed by atoms with Crippen molar-refractivity contribution in [2.45, 2.75) is 19.4 Å². The van der Waals surface area contributed by atoms with E-state index in [2.05, 4.69) is 5.32 Å². The molecule has 6 nitrogen and oxygen atoms in total. The van der Waals surface area contributed by atoms with E-state index in [0.29, 0.717) is 18.6 Å². The Labute approximate surface area is 113 Å². The highest BCUT2D eigenvalue weighted by atomic mass is 19.2. The topological polar surface area (TPSA) is 81.5 Å². The smallest absolute Gasteiger partial charge is 0.285 e. The van der Waals surface area contributed by atoms with Crippen LogP contribution in [-0.4, -0.2) is 30.6 Å². The van der Waals surface area contributed by atoms with Crippen molar-refractivity contribution in [3.05, 3.63) is 39.4 Å². The molecule has 0 bridgehead atoms. The minimum atomic E-state index is -1.38. The van der Waals surface area contributed by atoms with Crippen LogP contribution in [-0.2, 0) is 4.74 Å². The van der Waals surface area contributed by atoms with E-state index in [9.17, 15) is 23.7 Å². The van der Waals surface area contributed by atoms with Gasteiger partial charge in [0.15, 0.2) is 11.6 Å². The van der Waals surface area contributed by atoms with Gasteiger partial charge in [-0.3, -0.25) is 14.9 Å². The van der Waals surface area contributed by atoms with E-state index >= 15 is 0 Å². The molecule has 1 atom stereocenters. The summed E-state index contributed by atoms with van der Waals surface area (Å²) in [5.41, 5.74) is -1.31. The number of methoxy groups -OCH3 is 1. The number of carbonyl (C=O) groups excluding carboxylic acids is 1. The number of carbonyl (C=O) groups is 1. The third kappa shape index (κ3) is 3.70. The van der Waals surface area contributed by atoms with Gasteiger partial charge in [-0.15, -0.1) is 0 Å². The summed E-state index contributed by atoms with van der Waals surface area (Å²) in [5.74, 6) is -3.54. The zero-order valence-corrected chi connectivity index (χ0v) is 11.0. The lowest BCUT2D eigenvalue weighted by Crippen LogP contribution is -2.37. The highest BCUT2D eigenvalue weighted by molar-refractivity contribution is 5.98. The van der Waals surface area contributed by atoms with Crippen LogP contribution >= 0.6 is 0 Å². The summed E-state index contributed by atoms with van der Waals surface area (Å²) in [6.45, 7) is 1.99. The molecule has 0 fully saturated rings. The number of nitro benzene ring substituents is 1. The van der Waals surface area contributed by atoms with Crippen LogP contribution in [0.2, 0.25) is 0 Å². The number of benzene rings is 1. The molecule has 1 unspecified atom stereocenters. The first kappa shape index (κ1) is 16.0. The molecule has 0 radical (unpaired) electrons. The molecule has 0 aliphatic rings. The van der Waals surface area contributed by atoms with E-state index in [1.807, 2.05) is 0 Å². The first-order chi connectivity index (χ1) is 9.40. The highest BCUT2D eigenvalue weighted by Gasteiger charge is 2.25. The zero-order chi connectivity index (χ0) is 15.3. The minimum absolute atomic E-state index is 0.208. The van der Waals surface area contributed by atoms with Crippen molar-refractivity contribution in [3.63, 3.8) is 0 Å².